The molecule has 13 heavy (non-hydrogen) atoms. The predicted molar refractivity (Wildman–Crippen MR) is 36.5 cm³/mol. The van der Waals surface area contributed by atoms with Crippen molar-refractivity contribution in [1.29, 1.82) is 0 Å². The number of hydrogen-bond acceptors (Lipinski definition) is 5. The summed E-state index contributed by atoms with van der Waals surface area (Å²) in [5, 5.41) is 0. The number of halogens is 3. The van der Waals surface area contributed by atoms with Crippen LogP contribution < -0.4 is 0 Å². The first-order chi connectivity index (χ1) is 5.73. The molecule has 0 aromatic heterocycles. The van der Waals surface area contributed by atoms with Gasteiger partial charge in [-0.2, -0.15) is 13.2 Å². The highest BCUT2D eigenvalue weighted by Gasteiger charge is 2.56. The average Bonchev–Trinajstić information content (AvgIpc) is 1.82. The van der Waals surface area contributed by atoms with Gasteiger partial charge in [-0.15, -0.1) is 0 Å². The second-order valence-electron chi connectivity index (χ2n) is 1.92. The molecule has 0 bridgehead atoms. The van der Waals surface area contributed by atoms with E-state index in [1.54, 1.807) is 0 Å². The van der Waals surface area contributed by atoms with Crippen molar-refractivity contribution < 1.29 is 34.2 Å². The van der Waals surface area contributed by atoms with Gasteiger partial charge in [-0.05, 0) is 0 Å². The Morgan fingerprint density at radius 1 is 1.31 bits per heavy atom. The minimum absolute atomic E-state index is 0.295. The molecule has 1 atom stereocenters. The molecule has 0 aromatic carbocycles. The molecule has 0 N–H and O–H groups in total. The Morgan fingerprint density at radius 2 is 1.77 bits per heavy atom. The van der Waals surface area contributed by atoms with Crippen LogP contribution in [0, 0.1) is 0 Å². The first-order valence-corrected chi connectivity index (χ1v) is 4.46. The molecule has 0 saturated heterocycles. The van der Waals surface area contributed by atoms with Crippen LogP contribution in [0.15, 0.2) is 0 Å². The second kappa shape index (κ2) is 4.35. The maximum absolute atomic E-state index is 12.0. The minimum Gasteiger partial charge on any atom is -0.247 e. The van der Waals surface area contributed by atoms with Crippen LogP contribution in [0.5, 0.6) is 0 Å². The van der Waals surface area contributed by atoms with Gasteiger partial charge >= 0.3 is 6.18 Å². The lowest BCUT2D eigenvalue weighted by Gasteiger charge is -2.25. The molecule has 0 fully saturated rings. The molecule has 0 saturated carbocycles. The first-order valence-electron chi connectivity index (χ1n) is 2.64. The van der Waals surface area contributed by atoms with Gasteiger partial charge in [0.1, 0.15) is 11.9 Å². The van der Waals surface area contributed by atoms with E-state index in [1.165, 1.54) is 0 Å². The van der Waals surface area contributed by atoms with Gasteiger partial charge in [-0.25, -0.2) is 21.0 Å². The highest BCUT2D eigenvalue weighted by molar-refractivity contribution is 7.67. The zero-order chi connectivity index (χ0) is 10.7. The van der Waals surface area contributed by atoms with Crippen molar-refractivity contribution >= 4 is 22.9 Å². The molecule has 0 spiro atoms. The highest BCUT2D eigenvalue weighted by Crippen LogP contribution is 2.34. The van der Waals surface area contributed by atoms with Gasteiger partial charge in [0.05, 0.1) is 0 Å². The van der Waals surface area contributed by atoms with Crippen LogP contribution in [-0.2, 0) is 31.3 Å². The zero-order valence-electron chi connectivity index (χ0n) is 6.07. The summed E-state index contributed by atoms with van der Waals surface area (Å²) in [4.78, 5) is 0. The monoisotopic (exact) mass is 242 g/mol. The van der Waals surface area contributed by atoms with E-state index in [-0.39, 0.29) is 0 Å². The molecule has 5 nitrogen and oxygen atoms in total. The Balaban J connectivity index is 4.82. The smallest absolute Gasteiger partial charge is 0.247 e. The molecule has 80 valence electrons. The van der Waals surface area contributed by atoms with E-state index in [2.05, 4.69) is 8.37 Å². The number of rotatable bonds is 4. The van der Waals surface area contributed by atoms with Gasteiger partial charge in [0.25, 0.3) is 16.8 Å². The summed E-state index contributed by atoms with van der Waals surface area (Å²) in [6.07, 6.45) is -5.10. The van der Waals surface area contributed by atoms with Gasteiger partial charge in [-0.3, -0.25) is 0 Å². The van der Waals surface area contributed by atoms with Crippen LogP contribution in [-0.4, -0.2) is 24.6 Å². The van der Waals surface area contributed by atoms with Crippen molar-refractivity contribution in [1.82, 2.24) is 0 Å². The SMILES string of the molecule is CC(O[SH]=O)(O[SH](=O)=O)C(F)(F)F. The molecule has 0 aromatic rings. The first kappa shape index (κ1) is 12.8. The van der Waals surface area contributed by atoms with Crippen molar-refractivity contribution in [3.63, 3.8) is 0 Å². The maximum Gasteiger partial charge on any atom is 0.445 e. The Kier molecular flexibility index (Phi) is 4.29. The third-order valence-electron chi connectivity index (χ3n) is 0.975. The van der Waals surface area contributed by atoms with Gasteiger partial charge in [-0.1, -0.05) is 0 Å². The van der Waals surface area contributed by atoms with E-state index in [0.717, 1.165) is 0 Å². The van der Waals surface area contributed by atoms with E-state index in [4.69, 9.17) is 0 Å². The van der Waals surface area contributed by atoms with E-state index in [9.17, 15) is 25.8 Å². The van der Waals surface area contributed by atoms with Crippen LogP contribution in [0.3, 0.4) is 0 Å². The minimum atomic E-state index is -5.10. The Labute approximate surface area is 76.7 Å². The molecule has 0 amide bonds. The van der Waals surface area contributed by atoms with Crippen LogP contribution in [0.4, 0.5) is 13.2 Å². The lowest BCUT2D eigenvalue weighted by molar-refractivity contribution is -0.308. The topological polar surface area (TPSA) is 69.7 Å². The summed E-state index contributed by atoms with van der Waals surface area (Å²) >= 11 is -1.33. The van der Waals surface area contributed by atoms with E-state index in [0.29, 0.717) is 6.92 Å². The molecule has 1 unspecified atom stereocenters. The van der Waals surface area contributed by atoms with Crippen LogP contribution in [0.2, 0.25) is 0 Å². The number of hydrogen-bond donors (Lipinski definition) is 2. The fourth-order valence-electron chi connectivity index (χ4n) is 0.334. The van der Waals surface area contributed by atoms with Crippen LogP contribution >= 0.6 is 0 Å². The highest BCUT2D eigenvalue weighted by atomic mass is 32.2. The summed E-state index contributed by atoms with van der Waals surface area (Å²) in [6, 6.07) is 0. The van der Waals surface area contributed by atoms with Gasteiger partial charge < -0.3 is 0 Å². The molecule has 0 aliphatic carbocycles. The third kappa shape index (κ3) is 3.58. The molecule has 0 aliphatic rings. The summed E-state index contributed by atoms with van der Waals surface area (Å²) in [5.41, 5.74) is 0. The third-order valence-corrected chi connectivity index (χ3v) is 1.90. The predicted octanol–water partition coefficient (Wildman–Crippen LogP) is -0.315. The zero-order valence-corrected chi connectivity index (χ0v) is 7.86. The Morgan fingerprint density at radius 3 is 2.00 bits per heavy atom. The largest absolute Gasteiger partial charge is 0.445 e. The lowest BCUT2D eigenvalue weighted by atomic mass is 10.3. The standard InChI is InChI=1S/C3H5F3O5S2/c1-2(10-12-7,3(4,5)6)11-13(8)9/h12-13H,1H3. The molecule has 0 rings (SSSR count). The molecular weight excluding hydrogens is 237 g/mol. The average molecular weight is 242 g/mol. The lowest BCUT2D eigenvalue weighted by Crippen LogP contribution is -2.46. The molecule has 0 heterocycles. The van der Waals surface area contributed by atoms with Gasteiger partial charge in [0, 0.05) is 6.92 Å². The van der Waals surface area contributed by atoms with Crippen molar-refractivity contribution in [2.45, 2.75) is 18.9 Å². The summed E-state index contributed by atoms with van der Waals surface area (Å²) in [5.74, 6) is -3.41. The van der Waals surface area contributed by atoms with Gasteiger partial charge in [0.15, 0.2) is 0 Å². The Hall–Kier alpha value is -0.190. The van der Waals surface area contributed by atoms with E-state index < -0.39 is 34.9 Å². The number of thiol groups is 2. The van der Waals surface area contributed by atoms with Crippen LogP contribution in [0.25, 0.3) is 0 Å². The van der Waals surface area contributed by atoms with Crippen molar-refractivity contribution in [2.24, 2.45) is 0 Å². The summed E-state index contributed by atoms with van der Waals surface area (Å²) < 4.78 is 72.5. The molecule has 0 radical (unpaired) electrons. The van der Waals surface area contributed by atoms with Crippen molar-refractivity contribution in [3.05, 3.63) is 0 Å². The number of alkyl halides is 3. The van der Waals surface area contributed by atoms with Crippen molar-refractivity contribution in [3.8, 4) is 0 Å². The summed E-state index contributed by atoms with van der Waals surface area (Å²) in [6.45, 7) is 0.295. The second-order valence-corrected chi connectivity index (χ2v) is 2.89. The fraction of sp³-hybridized carbons (Fsp3) is 1.00. The normalized spacial score (nSPS) is 17.3. The van der Waals surface area contributed by atoms with E-state index in [1.807, 2.05) is 0 Å². The quantitative estimate of drug-likeness (QED) is 0.522. The summed E-state index contributed by atoms with van der Waals surface area (Å²) in [7, 11) is -3.75. The van der Waals surface area contributed by atoms with Crippen LogP contribution in [0.1, 0.15) is 6.92 Å². The van der Waals surface area contributed by atoms with Crippen molar-refractivity contribution in [2.75, 3.05) is 0 Å². The molecule has 0 aliphatic heterocycles. The van der Waals surface area contributed by atoms with E-state index >= 15 is 0 Å². The molecule has 10 heteroatoms. The fourth-order valence-corrected chi connectivity index (χ4v) is 1.10. The Bertz CT molecular complexity index is 252. The van der Waals surface area contributed by atoms with Gasteiger partial charge in [0.2, 0.25) is 0 Å². The maximum atomic E-state index is 12.0. The molecular formula is C3H5F3O5S2.